The van der Waals surface area contributed by atoms with Crippen molar-refractivity contribution in [1.82, 2.24) is 15.6 Å². The number of likely N-dealkylation sites (tertiary alicyclic amines) is 1. The number of hydrogen-bond donors (Lipinski definition) is 5. The Kier molecular flexibility index (Phi) is 9.04. The Bertz CT molecular complexity index is 1320. The number of benzene rings is 2. The molecule has 2 aromatic carbocycles. The molecule has 208 valence electrons. The molecule has 2 aromatic rings. The van der Waals surface area contributed by atoms with E-state index < -0.39 is 69.1 Å². The maximum atomic E-state index is 13.0. The van der Waals surface area contributed by atoms with Crippen LogP contribution in [0.2, 0.25) is 0 Å². The van der Waals surface area contributed by atoms with E-state index in [1.54, 1.807) is 37.3 Å². The molecule has 0 radical (unpaired) electrons. The number of carbonyl (C=O) groups is 4. The third-order valence-corrected chi connectivity index (χ3v) is 7.33. The molecule has 0 saturated carbocycles. The van der Waals surface area contributed by atoms with Crippen molar-refractivity contribution in [1.29, 1.82) is 0 Å². The highest BCUT2D eigenvalue weighted by Crippen LogP contribution is 2.30. The first-order valence-corrected chi connectivity index (χ1v) is 12.8. The average molecular weight is 560 g/mol. The number of aromatic hydroxyl groups is 2. The highest BCUT2D eigenvalue weighted by atomic mass is 32.2. The van der Waals surface area contributed by atoms with Gasteiger partial charge in [-0.25, -0.2) is 10.2 Å². The molecule has 0 bridgehead atoms. The minimum atomic E-state index is -3.07. The van der Waals surface area contributed by atoms with Crippen molar-refractivity contribution < 1.29 is 43.3 Å². The fraction of sp³-hybridized carbons (Fsp3) is 0.320. The van der Waals surface area contributed by atoms with E-state index in [1.165, 1.54) is 6.07 Å². The number of nitrogens with zero attached hydrogens (tertiary/aromatic N) is 2. The quantitative estimate of drug-likeness (QED) is 0.0839. The second-order valence-corrected chi connectivity index (χ2v) is 10.5. The topological polar surface area (TPSA) is 209 Å². The number of amides is 3. The Labute approximate surface area is 225 Å². The van der Waals surface area contributed by atoms with E-state index >= 15 is 0 Å². The number of carboxylic acids is 1. The maximum absolute atomic E-state index is 13.0. The lowest BCUT2D eigenvalue weighted by Gasteiger charge is -2.48. The normalized spacial score (nSPS) is 18.9. The van der Waals surface area contributed by atoms with Gasteiger partial charge in [-0.1, -0.05) is 30.3 Å². The molecule has 1 unspecified atom stereocenters. The van der Waals surface area contributed by atoms with E-state index in [9.17, 15) is 43.3 Å². The van der Waals surface area contributed by atoms with Crippen molar-refractivity contribution in [2.24, 2.45) is 5.10 Å². The van der Waals surface area contributed by atoms with Crippen LogP contribution in [0.4, 0.5) is 0 Å². The van der Waals surface area contributed by atoms with Gasteiger partial charge in [-0.05, 0) is 48.7 Å². The number of hydrogen-bond acceptors (Lipinski definition) is 9. The summed E-state index contributed by atoms with van der Waals surface area (Å²) >= 11 is -3.07. The van der Waals surface area contributed by atoms with Crippen molar-refractivity contribution in [3.8, 4) is 11.5 Å². The smallest absolute Gasteiger partial charge is 0.328 e. The summed E-state index contributed by atoms with van der Waals surface area (Å²) in [5.41, 5.74) is 2.75. The highest BCUT2D eigenvalue weighted by molar-refractivity contribution is 7.81. The lowest BCUT2D eigenvalue weighted by molar-refractivity contribution is -0.161. The van der Waals surface area contributed by atoms with Gasteiger partial charge in [0, 0.05) is 30.7 Å². The predicted octanol–water partition coefficient (Wildman–Crippen LogP) is 0.253. The van der Waals surface area contributed by atoms with Crippen molar-refractivity contribution in [2.45, 2.75) is 49.6 Å². The van der Waals surface area contributed by atoms with Crippen LogP contribution >= 0.6 is 0 Å². The zero-order chi connectivity index (χ0) is 28.9. The molecule has 39 heavy (non-hydrogen) atoms. The van der Waals surface area contributed by atoms with Gasteiger partial charge in [0.15, 0.2) is 17.5 Å². The number of phenols is 2. The third kappa shape index (κ3) is 6.59. The van der Waals surface area contributed by atoms with E-state index in [4.69, 9.17) is 0 Å². The Morgan fingerprint density at radius 2 is 1.87 bits per heavy atom. The van der Waals surface area contributed by atoms with Gasteiger partial charge < -0.3 is 30.1 Å². The van der Waals surface area contributed by atoms with E-state index in [2.05, 4.69) is 15.8 Å². The Balaban J connectivity index is 1.83. The van der Waals surface area contributed by atoms with Gasteiger partial charge in [-0.2, -0.15) is 5.10 Å². The molecule has 5 N–H and O–H groups in total. The molecule has 0 aliphatic carbocycles. The van der Waals surface area contributed by atoms with Crippen LogP contribution < -0.4 is 10.7 Å². The molecule has 1 aliphatic heterocycles. The van der Waals surface area contributed by atoms with Gasteiger partial charge >= 0.3 is 5.97 Å². The zero-order valence-electron chi connectivity index (χ0n) is 20.9. The van der Waals surface area contributed by atoms with Crippen molar-refractivity contribution >= 4 is 41.0 Å². The van der Waals surface area contributed by atoms with Gasteiger partial charge in [0.25, 0.3) is 11.8 Å². The van der Waals surface area contributed by atoms with Crippen LogP contribution in [0.5, 0.6) is 11.5 Å². The molecule has 3 amide bonds. The lowest BCUT2D eigenvalue weighted by Crippen LogP contribution is -2.67. The molecular weight excluding hydrogens is 532 g/mol. The maximum Gasteiger partial charge on any atom is 0.328 e. The summed E-state index contributed by atoms with van der Waals surface area (Å²) in [6, 6.07) is 8.44. The number of β-lactam (4-membered cyclic amide) rings is 1. The summed E-state index contributed by atoms with van der Waals surface area (Å²) in [5, 5.41) is 35.1. The monoisotopic (exact) mass is 559 g/mol. The second kappa shape index (κ2) is 12.0. The molecule has 3 rings (SSSR count). The van der Waals surface area contributed by atoms with Crippen molar-refractivity contribution in [3.05, 3.63) is 59.7 Å². The number of nitrogens with one attached hydrogen (secondary N) is 2. The van der Waals surface area contributed by atoms with Crippen LogP contribution in [0.1, 0.15) is 36.2 Å². The molecule has 1 heterocycles. The van der Waals surface area contributed by atoms with E-state index in [0.717, 1.165) is 30.2 Å². The van der Waals surface area contributed by atoms with Crippen molar-refractivity contribution in [3.63, 3.8) is 0 Å². The predicted molar refractivity (Wildman–Crippen MR) is 137 cm³/mol. The van der Waals surface area contributed by atoms with E-state index in [0.29, 0.717) is 5.56 Å². The van der Waals surface area contributed by atoms with Gasteiger partial charge in [0.2, 0.25) is 5.91 Å². The number of rotatable bonds is 11. The SMILES string of the molecule is C[C@@H]1CC(=O)N1[C@@H](C(=O)O)[C@](C)(/C=N/NC(=O)[C@H](Cc1ccccc1)NC(=O)c1ccc(O)c(O)c1)S(=O)[O-]. The number of hydrazone groups is 1. The van der Waals surface area contributed by atoms with E-state index in [1.807, 2.05) is 0 Å². The van der Waals surface area contributed by atoms with Crippen LogP contribution in [-0.4, -0.2) is 81.8 Å². The molecule has 0 aromatic heterocycles. The van der Waals surface area contributed by atoms with Crippen LogP contribution in [0.15, 0.2) is 53.6 Å². The summed E-state index contributed by atoms with van der Waals surface area (Å²) in [6.45, 7) is 2.64. The highest BCUT2D eigenvalue weighted by Gasteiger charge is 2.51. The summed E-state index contributed by atoms with van der Waals surface area (Å²) < 4.78 is 22.1. The lowest BCUT2D eigenvalue weighted by atomic mass is 9.92. The number of aliphatic carboxylic acids is 1. The Hall–Kier alpha value is -4.30. The average Bonchev–Trinajstić information content (AvgIpc) is 2.88. The Morgan fingerprint density at radius 1 is 1.21 bits per heavy atom. The fourth-order valence-corrected chi connectivity index (χ4v) is 4.64. The third-order valence-electron chi connectivity index (χ3n) is 6.28. The van der Waals surface area contributed by atoms with Crippen LogP contribution in [-0.2, 0) is 31.9 Å². The van der Waals surface area contributed by atoms with Crippen LogP contribution in [0.25, 0.3) is 0 Å². The molecule has 1 saturated heterocycles. The molecule has 5 atom stereocenters. The van der Waals surface area contributed by atoms with Gasteiger partial charge in [-0.15, -0.1) is 0 Å². The largest absolute Gasteiger partial charge is 0.772 e. The first-order valence-electron chi connectivity index (χ1n) is 11.7. The molecule has 14 heteroatoms. The first kappa shape index (κ1) is 29.3. The number of carboxylic acid groups (broad SMARTS) is 1. The van der Waals surface area contributed by atoms with Gasteiger partial charge in [0.05, 0.1) is 4.75 Å². The Morgan fingerprint density at radius 3 is 2.41 bits per heavy atom. The first-order chi connectivity index (χ1) is 18.3. The van der Waals surface area contributed by atoms with Gasteiger partial charge in [0.1, 0.15) is 6.04 Å². The standard InChI is InChI=1S/C25H28N4O9S/c1-14-10-20(32)29(14)21(24(35)36)25(2,39(37)38)13-26-28-23(34)17(11-15-6-4-3-5-7-15)27-22(33)16-8-9-18(30)19(31)12-16/h3-9,12-14,17,21,30-31H,10-11H2,1-2H3,(H,27,33)(H,28,34)(H,35,36)(H,37,38)/p-1/b26-13+/t14-,17+,21+,25+/m1/s1. The number of carbonyl (C=O) groups excluding carboxylic acids is 3. The number of phenolic OH excluding ortho intramolecular Hbond substituents is 2. The molecule has 13 nitrogen and oxygen atoms in total. The molecular formula is C25H27N4O9S-. The van der Waals surface area contributed by atoms with E-state index in [-0.39, 0.29) is 18.4 Å². The molecule has 1 aliphatic rings. The zero-order valence-corrected chi connectivity index (χ0v) is 21.8. The summed E-state index contributed by atoms with van der Waals surface area (Å²) in [6.07, 6.45) is 0.795. The van der Waals surface area contributed by atoms with Gasteiger partial charge in [-0.3, -0.25) is 18.6 Å². The molecule has 0 spiro atoms. The van der Waals surface area contributed by atoms with Crippen LogP contribution in [0.3, 0.4) is 0 Å². The fourth-order valence-electron chi connectivity index (χ4n) is 4.10. The summed E-state index contributed by atoms with van der Waals surface area (Å²) in [7, 11) is 0. The summed E-state index contributed by atoms with van der Waals surface area (Å²) in [4.78, 5) is 50.8. The van der Waals surface area contributed by atoms with Crippen LogP contribution in [0, 0.1) is 0 Å². The minimum Gasteiger partial charge on any atom is -0.772 e. The second-order valence-electron chi connectivity index (χ2n) is 9.17. The van der Waals surface area contributed by atoms with Crippen molar-refractivity contribution in [2.75, 3.05) is 0 Å². The summed E-state index contributed by atoms with van der Waals surface area (Å²) in [5.74, 6) is -4.69. The molecule has 1 fully saturated rings. The minimum absolute atomic E-state index is 0.000296.